The van der Waals surface area contributed by atoms with Crippen LogP contribution in [0.2, 0.25) is 0 Å². The van der Waals surface area contributed by atoms with Crippen molar-refractivity contribution in [3.8, 4) is 0 Å². The molecule has 1 atom stereocenters. The summed E-state index contributed by atoms with van der Waals surface area (Å²) in [7, 11) is 1.62. The summed E-state index contributed by atoms with van der Waals surface area (Å²) in [5.74, 6) is 0. The lowest BCUT2D eigenvalue weighted by Gasteiger charge is -2.24. The molecule has 0 radical (unpaired) electrons. The molecule has 0 aromatic carbocycles. The van der Waals surface area contributed by atoms with Crippen LogP contribution in [0.3, 0.4) is 0 Å². The number of hydrogen-bond donors (Lipinski definition) is 2. The van der Waals surface area contributed by atoms with E-state index < -0.39 is 6.43 Å². The third-order valence-electron chi connectivity index (χ3n) is 1.77. The molecule has 5 heteroatoms. The van der Waals surface area contributed by atoms with Crippen LogP contribution in [0.1, 0.15) is 13.8 Å². The number of nitrogens with one attached hydrogen (secondary N) is 1. The number of aliphatic hydroxyl groups excluding tert-OH is 1. The average molecular weight is 210 g/mol. The van der Waals surface area contributed by atoms with Crippen LogP contribution in [-0.2, 0) is 0 Å². The van der Waals surface area contributed by atoms with Crippen molar-refractivity contribution >= 4 is 0 Å². The predicted octanol–water partition coefficient (Wildman–Crippen LogP) is 0.542. The van der Waals surface area contributed by atoms with Crippen molar-refractivity contribution in [2.24, 2.45) is 0 Å². The molecule has 1 unspecified atom stereocenters. The molecule has 0 bridgehead atoms. The van der Waals surface area contributed by atoms with E-state index in [1.54, 1.807) is 7.05 Å². The second-order valence-corrected chi connectivity index (χ2v) is 3.81. The summed E-state index contributed by atoms with van der Waals surface area (Å²) >= 11 is 0. The Hall–Kier alpha value is -0.260. The highest BCUT2D eigenvalue weighted by Gasteiger charge is 2.14. The van der Waals surface area contributed by atoms with Gasteiger partial charge in [0.25, 0.3) is 6.43 Å². The zero-order chi connectivity index (χ0) is 11.1. The molecule has 14 heavy (non-hydrogen) atoms. The normalized spacial score (nSPS) is 14.4. The van der Waals surface area contributed by atoms with Gasteiger partial charge in [0.05, 0.1) is 13.2 Å². The Balaban J connectivity index is 3.79. The van der Waals surface area contributed by atoms with Crippen LogP contribution in [0, 0.1) is 0 Å². The lowest BCUT2D eigenvalue weighted by atomic mass is 10.2. The smallest absolute Gasteiger partial charge is 0.251 e. The Labute approximate surface area is 84.1 Å². The number of nitrogens with zero attached hydrogens (tertiary/aromatic N) is 1. The van der Waals surface area contributed by atoms with E-state index in [-0.39, 0.29) is 25.2 Å². The molecule has 0 saturated heterocycles. The molecule has 0 saturated carbocycles. The molecule has 0 aliphatic heterocycles. The summed E-state index contributed by atoms with van der Waals surface area (Å²) in [5.41, 5.74) is 0. The first-order valence-electron chi connectivity index (χ1n) is 4.79. The number of hydrogen-bond acceptors (Lipinski definition) is 3. The highest BCUT2D eigenvalue weighted by Crippen LogP contribution is 1.97. The molecule has 0 aliphatic carbocycles. The first-order chi connectivity index (χ1) is 6.45. The minimum Gasteiger partial charge on any atom is -0.395 e. The minimum absolute atomic E-state index is 0.0360. The molecule has 0 heterocycles. The molecule has 86 valence electrons. The molecule has 2 N–H and O–H groups in total. The van der Waals surface area contributed by atoms with Gasteiger partial charge in [-0.15, -0.1) is 0 Å². The van der Waals surface area contributed by atoms with Crippen molar-refractivity contribution in [2.45, 2.75) is 32.4 Å². The van der Waals surface area contributed by atoms with Crippen LogP contribution in [0.15, 0.2) is 0 Å². The average Bonchev–Trinajstić information content (AvgIpc) is 2.00. The Bertz CT molecular complexity index is 145. The fraction of sp³-hybridized carbons (Fsp3) is 1.00. The van der Waals surface area contributed by atoms with E-state index in [1.807, 2.05) is 13.8 Å². The molecular formula is C9H20F2N2O. The summed E-state index contributed by atoms with van der Waals surface area (Å²) in [6.07, 6.45) is -2.32. The first kappa shape index (κ1) is 13.7. The Morgan fingerprint density at radius 1 is 1.29 bits per heavy atom. The third-order valence-corrected chi connectivity index (χ3v) is 1.77. The second-order valence-electron chi connectivity index (χ2n) is 3.81. The fourth-order valence-electron chi connectivity index (χ4n) is 1.32. The summed E-state index contributed by atoms with van der Waals surface area (Å²) < 4.78 is 24.0. The van der Waals surface area contributed by atoms with E-state index in [0.29, 0.717) is 6.54 Å². The van der Waals surface area contributed by atoms with Crippen LogP contribution in [-0.4, -0.2) is 55.3 Å². The van der Waals surface area contributed by atoms with Crippen LogP contribution >= 0.6 is 0 Å². The van der Waals surface area contributed by atoms with Gasteiger partial charge in [-0.3, -0.25) is 4.90 Å². The van der Waals surface area contributed by atoms with Crippen molar-refractivity contribution in [1.29, 1.82) is 0 Å². The van der Waals surface area contributed by atoms with Gasteiger partial charge in [-0.1, -0.05) is 13.8 Å². The third kappa shape index (κ3) is 7.17. The van der Waals surface area contributed by atoms with Crippen LogP contribution in [0.4, 0.5) is 8.78 Å². The second kappa shape index (κ2) is 7.09. The Kier molecular flexibility index (Phi) is 6.96. The van der Waals surface area contributed by atoms with Crippen molar-refractivity contribution in [3.05, 3.63) is 0 Å². The minimum atomic E-state index is -2.32. The summed E-state index contributed by atoms with van der Waals surface area (Å²) in [5, 5.41) is 12.1. The van der Waals surface area contributed by atoms with Crippen LogP contribution in [0.25, 0.3) is 0 Å². The van der Waals surface area contributed by atoms with Crippen molar-refractivity contribution in [1.82, 2.24) is 10.2 Å². The maximum absolute atomic E-state index is 12.0. The van der Waals surface area contributed by atoms with E-state index in [9.17, 15) is 8.78 Å². The Morgan fingerprint density at radius 3 is 2.21 bits per heavy atom. The van der Waals surface area contributed by atoms with Gasteiger partial charge in [0, 0.05) is 18.6 Å². The van der Waals surface area contributed by atoms with Gasteiger partial charge in [-0.2, -0.15) is 0 Å². The topological polar surface area (TPSA) is 35.5 Å². The van der Waals surface area contributed by atoms with Gasteiger partial charge in [-0.05, 0) is 7.05 Å². The number of likely N-dealkylation sites (N-methyl/N-ethyl adjacent to an activating group) is 1. The van der Waals surface area contributed by atoms with Crippen LogP contribution in [0.5, 0.6) is 0 Å². The number of alkyl halides is 2. The van der Waals surface area contributed by atoms with Crippen molar-refractivity contribution < 1.29 is 13.9 Å². The lowest BCUT2D eigenvalue weighted by Crippen LogP contribution is -2.45. The van der Waals surface area contributed by atoms with E-state index in [2.05, 4.69) is 5.32 Å². The molecule has 0 spiro atoms. The van der Waals surface area contributed by atoms with Gasteiger partial charge in [0.15, 0.2) is 0 Å². The van der Waals surface area contributed by atoms with E-state index in [4.69, 9.17) is 5.11 Å². The SMILES string of the molecule is CC(C)NC(CO)CN(C)CC(F)F. The fourth-order valence-corrected chi connectivity index (χ4v) is 1.32. The van der Waals surface area contributed by atoms with E-state index in [1.165, 1.54) is 4.90 Å². The largest absolute Gasteiger partial charge is 0.395 e. The molecular weight excluding hydrogens is 190 g/mol. The molecule has 3 nitrogen and oxygen atoms in total. The van der Waals surface area contributed by atoms with Crippen LogP contribution < -0.4 is 5.32 Å². The lowest BCUT2D eigenvalue weighted by molar-refractivity contribution is 0.0893. The molecule has 0 fully saturated rings. The maximum Gasteiger partial charge on any atom is 0.251 e. The molecule has 0 aromatic rings. The van der Waals surface area contributed by atoms with Gasteiger partial charge < -0.3 is 10.4 Å². The predicted molar refractivity (Wildman–Crippen MR) is 52.6 cm³/mol. The van der Waals surface area contributed by atoms with Gasteiger partial charge in [0.1, 0.15) is 0 Å². The zero-order valence-electron chi connectivity index (χ0n) is 9.00. The molecule has 0 aliphatic rings. The molecule has 0 amide bonds. The summed E-state index contributed by atoms with van der Waals surface area (Å²) in [4.78, 5) is 1.51. The standard InChI is InChI=1S/C9H20F2N2O/c1-7(2)12-8(6-14)4-13(3)5-9(10)11/h7-9,12,14H,4-6H2,1-3H3. The van der Waals surface area contributed by atoms with Gasteiger partial charge >= 0.3 is 0 Å². The number of rotatable bonds is 7. The highest BCUT2D eigenvalue weighted by molar-refractivity contribution is 4.71. The highest BCUT2D eigenvalue weighted by atomic mass is 19.3. The zero-order valence-corrected chi connectivity index (χ0v) is 9.00. The van der Waals surface area contributed by atoms with E-state index >= 15 is 0 Å². The Morgan fingerprint density at radius 2 is 1.86 bits per heavy atom. The number of aliphatic hydroxyl groups is 1. The van der Waals surface area contributed by atoms with Gasteiger partial charge in [0.2, 0.25) is 0 Å². The molecule has 0 aromatic heterocycles. The van der Waals surface area contributed by atoms with Gasteiger partial charge in [-0.25, -0.2) is 8.78 Å². The summed E-state index contributed by atoms with van der Waals surface area (Å²) in [6, 6.07) is 0.103. The summed E-state index contributed by atoms with van der Waals surface area (Å²) in [6.45, 7) is 4.05. The number of halogens is 2. The van der Waals surface area contributed by atoms with Crippen molar-refractivity contribution in [2.75, 3.05) is 26.7 Å². The maximum atomic E-state index is 12.0. The van der Waals surface area contributed by atoms with E-state index in [0.717, 1.165) is 0 Å². The van der Waals surface area contributed by atoms with Crippen molar-refractivity contribution in [3.63, 3.8) is 0 Å². The molecule has 0 rings (SSSR count). The first-order valence-corrected chi connectivity index (χ1v) is 4.79. The quantitative estimate of drug-likeness (QED) is 0.644. The monoisotopic (exact) mass is 210 g/mol.